The highest BCUT2D eigenvalue weighted by molar-refractivity contribution is 5.93. The summed E-state index contributed by atoms with van der Waals surface area (Å²) in [6.07, 6.45) is 3.94. The third-order valence-corrected chi connectivity index (χ3v) is 3.56. The molecule has 0 spiro atoms. The summed E-state index contributed by atoms with van der Waals surface area (Å²) >= 11 is 0. The molecule has 0 aliphatic rings. The number of ether oxygens (including phenoxy) is 1. The van der Waals surface area contributed by atoms with E-state index in [9.17, 15) is 0 Å². The van der Waals surface area contributed by atoms with Crippen LogP contribution in [0.4, 0.5) is 0 Å². The fraction of sp³-hybridized carbons (Fsp3) is 0.0556. The van der Waals surface area contributed by atoms with Crippen molar-refractivity contribution in [3.63, 3.8) is 0 Å². The largest absolute Gasteiger partial charge is 0.472 e. The first-order valence-electron chi connectivity index (χ1n) is 6.93. The number of fused-ring (bicyclic) bond motifs is 3. The van der Waals surface area contributed by atoms with Crippen LogP contribution in [0.3, 0.4) is 0 Å². The molecule has 0 fully saturated rings. The van der Waals surface area contributed by atoms with Crippen LogP contribution in [0.25, 0.3) is 16.4 Å². The molecule has 102 valence electrons. The van der Waals surface area contributed by atoms with Crippen LogP contribution in [0.2, 0.25) is 0 Å². The first-order chi connectivity index (χ1) is 10.4. The van der Waals surface area contributed by atoms with E-state index in [1.54, 1.807) is 0 Å². The van der Waals surface area contributed by atoms with E-state index in [1.807, 2.05) is 59.3 Å². The Morgan fingerprint density at radius 3 is 2.62 bits per heavy atom. The van der Waals surface area contributed by atoms with Gasteiger partial charge in [-0.05, 0) is 17.0 Å². The minimum Gasteiger partial charge on any atom is -0.472 e. The maximum Gasteiger partial charge on any atom is 0.232 e. The first kappa shape index (κ1) is 12.0. The summed E-state index contributed by atoms with van der Waals surface area (Å²) in [6.45, 7) is 0.530. The molecule has 0 aliphatic carbocycles. The van der Waals surface area contributed by atoms with Crippen LogP contribution in [-0.2, 0) is 6.61 Å². The smallest absolute Gasteiger partial charge is 0.232 e. The molecule has 2 aromatic heterocycles. The summed E-state index contributed by atoms with van der Waals surface area (Å²) in [5, 5.41) is 2.32. The number of hydrogen-bond donors (Lipinski definition) is 0. The van der Waals surface area contributed by atoms with E-state index in [0.29, 0.717) is 12.5 Å². The average molecular weight is 274 g/mol. The molecule has 0 radical (unpaired) electrons. The molecular formula is C18H14N2O. The molecule has 0 bridgehead atoms. The molecule has 2 aromatic carbocycles. The van der Waals surface area contributed by atoms with Crippen molar-refractivity contribution in [3.8, 4) is 5.88 Å². The number of hydrogen-bond acceptors (Lipinski definition) is 2. The number of imidazole rings is 1. The Kier molecular flexibility index (Phi) is 2.82. The predicted molar refractivity (Wildman–Crippen MR) is 83.5 cm³/mol. The average Bonchev–Trinajstić information content (AvgIpc) is 2.97. The molecule has 0 amide bonds. The molecule has 0 atom stereocenters. The van der Waals surface area contributed by atoms with Crippen LogP contribution < -0.4 is 4.74 Å². The number of nitrogens with zero attached hydrogens (tertiary/aromatic N) is 2. The zero-order chi connectivity index (χ0) is 14.1. The Balaban J connectivity index is 1.69. The molecule has 4 aromatic rings. The lowest BCUT2D eigenvalue weighted by Gasteiger charge is -2.01. The quantitative estimate of drug-likeness (QED) is 0.563. The number of rotatable bonds is 3. The summed E-state index contributed by atoms with van der Waals surface area (Å²) in [5.74, 6) is 0.648. The van der Waals surface area contributed by atoms with E-state index < -0.39 is 0 Å². The Morgan fingerprint density at radius 2 is 1.71 bits per heavy atom. The fourth-order valence-corrected chi connectivity index (χ4v) is 2.49. The third-order valence-electron chi connectivity index (χ3n) is 3.56. The normalized spacial score (nSPS) is 11.0. The lowest BCUT2D eigenvalue weighted by Crippen LogP contribution is -1.94. The molecule has 3 heteroatoms. The highest BCUT2D eigenvalue weighted by Gasteiger charge is 2.06. The van der Waals surface area contributed by atoms with Crippen molar-refractivity contribution in [1.82, 2.24) is 9.38 Å². The molecule has 4 rings (SSSR count). The van der Waals surface area contributed by atoms with Gasteiger partial charge in [-0.15, -0.1) is 0 Å². The van der Waals surface area contributed by atoms with E-state index in [4.69, 9.17) is 4.74 Å². The van der Waals surface area contributed by atoms with Gasteiger partial charge >= 0.3 is 0 Å². The van der Waals surface area contributed by atoms with Crippen LogP contribution in [0.1, 0.15) is 5.56 Å². The van der Waals surface area contributed by atoms with Crippen LogP contribution in [0, 0.1) is 0 Å². The zero-order valence-corrected chi connectivity index (χ0v) is 11.4. The second-order valence-electron chi connectivity index (χ2n) is 4.99. The van der Waals surface area contributed by atoms with Crippen molar-refractivity contribution in [1.29, 1.82) is 0 Å². The van der Waals surface area contributed by atoms with Crippen LogP contribution in [0.15, 0.2) is 73.1 Å². The summed E-state index contributed by atoms with van der Waals surface area (Å²) in [5.41, 5.74) is 2.07. The molecule has 0 aliphatic heterocycles. The standard InChI is InChI=1S/C18H14N2O/c1-2-6-14(7-3-1)13-21-17-12-20-11-10-15-8-4-5-9-16(15)18(20)19-17/h1-12H,13H2. The first-order valence-corrected chi connectivity index (χ1v) is 6.93. The second-order valence-corrected chi connectivity index (χ2v) is 4.99. The van der Waals surface area contributed by atoms with E-state index in [0.717, 1.165) is 16.6 Å². The summed E-state index contributed by atoms with van der Waals surface area (Å²) in [6, 6.07) is 20.4. The summed E-state index contributed by atoms with van der Waals surface area (Å²) in [4.78, 5) is 4.60. The molecule has 0 unspecified atom stereocenters. The van der Waals surface area contributed by atoms with E-state index >= 15 is 0 Å². The lowest BCUT2D eigenvalue weighted by atomic mass is 10.2. The highest BCUT2D eigenvalue weighted by atomic mass is 16.5. The Morgan fingerprint density at radius 1 is 0.905 bits per heavy atom. The number of pyridine rings is 1. The topological polar surface area (TPSA) is 26.5 Å². The van der Waals surface area contributed by atoms with Crippen molar-refractivity contribution in [3.05, 3.63) is 78.6 Å². The van der Waals surface area contributed by atoms with Gasteiger partial charge < -0.3 is 9.14 Å². The monoisotopic (exact) mass is 274 g/mol. The Hall–Kier alpha value is -2.81. The minimum absolute atomic E-state index is 0.530. The van der Waals surface area contributed by atoms with Gasteiger partial charge in [-0.1, -0.05) is 54.6 Å². The van der Waals surface area contributed by atoms with Gasteiger partial charge in [0.05, 0.1) is 6.20 Å². The van der Waals surface area contributed by atoms with Crippen molar-refractivity contribution in [2.75, 3.05) is 0 Å². The summed E-state index contributed by atoms with van der Waals surface area (Å²) in [7, 11) is 0. The van der Waals surface area contributed by atoms with Crippen LogP contribution in [-0.4, -0.2) is 9.38 Å². The summed E-state index contributed by atoms with van der Waals surface area (Å²) < 4.78 is 7.80. The van der Waals surface area contributed by atoms with Crippen molar-refractivity contribution >= 4 is 16.4 Å². The molecule has 0 saturated heterocycles. The van der Waals surface area contributed by atoms with E-state index in [2.05, 4.69) is 23.2 Å². The molecular weight excluding hydrogens is 260 g/mol. The van der Waals surface area contributed by atoms with Crippen molar-refractivity contribution < 1.29 is 4.74 Å². The fourth-order valence-electron chi connectivity index (χ4n) is 2.49. The van der Waals surface area contributed by atoms with Crippen molar-refractivity contribution in [2.45, 2.75) is 6.61 Å². The molecule has 0 saturated carbocycles. The van der Waals surface area contributed by atoms with Gasteiger partial charge in [0.15, 0.2) is 0 Å². The third kappa shape index (κ3) is 2.23. The lowest BCUT2D eigenvalue weighted by molar-refractivity contribution is 0.295. The molecule has 3 nitrogen and oxygen atoms in total. The maximum absolute atomic E-state index is 5.79. The predicted octanol–water partition coefficient (Wildman–Crippen LogP) is 4.07. The van der Waals surface area contributed by atoms with Gasteiger partial charge in [-0.2, -0.15) is 4.98 Å². The number of benzene rings is 2. The highest BCUT2D eigenvalue weighted by Crippen LogP contribution is 2.22. The SMILES string of the molecule is c1ccc(COc2cn3ccc4ccccc4c3n2)cc1. The molecule has 2 heterocycles. The molecule has 21 heavy (non-hydrogen) atoms. The van der Waals surface area contributed by atoms with E-state index in [1.165, 1.54) is 5.39 Å². The van der Waals surface area contributed by atoms with Crippen LogP contribution >= 0.6 is 0 Å². The van der Waals surface area contributed by atoms with E-state index in [-0.39, 0.29) is 0 Å². The maximum atomic E-state index is 5.79. The van der Waals surface area contributed by atoms with Gasteiger partial charge in [-0.25, -0.2) is 0 Å². The Bertz CT molecular complexity index is 897. The Labute approximate surface area is 122 Å². The van der Waals surface area contributed by atoms with Gasteiger partial charge in [-0.3, -0.25) is 0 Å². The molecule has 0 N–H and O–H groups in total. The van der Waals surface area contributed by atoms with Gasteiger partial charge in [0, 0.05) is 11.6 Å². The second kappa shape index (κ2) is 4.94. The number of aromatic nitrogens is 2. The van der Waals surface area contributed by atoms with Crippen molar-refractivity contribution in [2.24, 2.45) is 0 Å². The van der Waals surface area contributed by atoms with Gasteiger partial charge in [0.1, 0.15) is 12.3 Å². The van der Waals surface area contributed by atoms with Gasteiger partial charge in [0.2, 0.25) is 5.88 Å². The zero-order valence-electron chi connectivity index (χ0n) is 11.4. The minimum atomic E-state index is 0.530. The van der Waals surface area contributed by atoms with Gasteiger partial charge in [0.25, 0.3) is 0 Å². The van der Waals surface area contributed by atoms with Crippen LogP contribution in [0.5, 0.6) is 5.88 Å².